The number of rotatable bonds is 3. The highest BCUT2D eigenvalue weighted by molar-refractivity contribution is 5.57. The molecule has 1 atom stereocenters. The maximum atomic E-state index is 5.96. The van der Waals surface area contributed by atoms with E-state index in [0.717, 1.165) is 19.5 Å². The molecule has 2 heteroatoms. The third-order valence-electron chi connectivity index (χ3n) is 3.71. The van der Waals surface area contributed by atoms with Crippen molar-refractivity contribution in [1.29, 1.82) is 0 Å². The van der Waals surface area contributed by atoms with Crippen molar-refractivity contribution in [3.8, 4) is 0 Å². The third-order valence-corrected chi connectivity index (χ3v) is 3.71. The van der Waals surface area contributed by atoms with E-state index >= 15 is 0 Å². The van der Waals surface area contributed by atoms with Crippen molar-refractivity contribution in [3.63, 3.8) is 0 Å². The van der Waals surface area contributed by atoms with Crippen LogP contribution in [0.5, 0.6) is 0 Å². The highest BCUT2D eigenvalue weighted by Crippen LogP contribution is 2.30. The lowest BCUT2D eigenvalue weighted by atomic mass is 10.0. The highest BCUT2D eigenvalue weighted by Gasteiger charge is 2.20. The number of para-hydroxylation sites is 1. The second kappa shape index (κ2) is 5.06. The summed E-state index contributed by atoms with van der Waals surface area (Å²) in [5.74, 6) is 0. The van der Waals surface area contributed by atoms with Gasteiger partial charge in [0, 0.05) is 24.8 Å². The van der Waals surface area contributed by atoms with Crippen LogP contribution in [-0.4, -0.2) is 6.04 Å². The molecule has 0 aromatic heterocycles. The minimum Gasteiger partial charge on any atom is -0.363 e. The molecular formula is C17H20N2. The van der Waals surface area contributed by atoms with Gasteiger partial charge in [0.2, 0.25) is 0 Å². The van der Waals surface area contributed by atoms with Crippen LogP contribution in [0.4, 0.5) is 5.69 Å². The number of anilines is 1. The Morgan fingerprint density at radius 3 is 2.21 bits per heavy atom. The fraction of sp³-hybridized carbons (Fsp3) is 0.294. The summed E-state index contributed by atoms with van der Waals surface area (Å²) in [7, 11) is 0. The topological polar surface area (TPSA) is 29.3 Å². The molecule has 2 N–H and O–H groups in total. The van der Waals surface area contributed by atoms with Gasteiger partial charge in [-0.2, -0.15) is 0 Å². The summed E-state index contributed by atoms with van der Waals surface area (Å²) < 4.78 is 0. The van der Waals surface area contributed by atoms with Crippen molar-refractivity contribution >= 4 is 5.69 Å². The van der Waals surface area contributed by atoms with Crippen molar-refractivity contribution in [2.45, 2.75) is 32.5 Å². The van der Waals surface area contributed by atoms with Gasteiger partial charge >= 0.3 is 0 Å². The van der Waals surface area contributed by atoms with E-state index in [9.17, 15) is 0 Å². The summed E-state index contributed by atoms with van der Waals surface area (Å²) in [6.07, 6.45) is 0.934. The van der Waals surface area contributed by atoms with Crippen LogP contribution in [0.25, 0.3) is 0 Å². The van der Waals surface area contributed by atoms with E-state index in [4.69, 9.17) is 5.73 Å². The van der Waals surface area contributed by atoms with Crippen molar-refractivity contribution in [3.05, 3.63) is 65.2 Å². The van der Waals surface area contributed by atoms with E-state index in [0.29, 0.717) is 0 Å². The Balaban J connectivity index is 1.89. The first-order valence-electron chi connectivity index (χ1n) is 6.89. The molecule has 0 bridgehead atoms. The van der Waals surface area contributed by atoms with Gasteiger partial charge in [-0.05, 0) is 36.1 Å². The summed E-state index contributed by atoms with van der Waals surface area (Å²) in [5.41, 5.74) is 11.5. The lowest BCUT2D eigenvalue weighted by Crippen LogP contribution is -2.21. The summed E-state index contributed by atoms with van der Waals surface area (Å²) in [6.45, 7) is 4.08. The molecule has 2 nitrogen and oxygen atoms in total. The Morgan fingerprint density at radius 1 is 1.00 bits per heavy atom. The molecule has 0 radical (unpaired) electrons. The van der Waals surface area contributed by atoms with Crippen LogP contribution in [0.15, 0.2) is 48.5 Å². The van der Waals surface area contributed by atoms with E-state index < -0.39 is 0 Å². The molecule has 0 spiro atoms. The fourth-order valence-electron chi connectivity index (χ4n) is 2.84. The molecule has 1 aliphatic heterocycles. The highest BCUT2D eigenvalue weighted by atomic mass is 15.1. The first-order chi connectivity index (χ1) is 9.24. The normalized spacial score (nSPS) is 15.4. The average molecular weight is 252 g/mol. The van der Waals surface area contributed by atoms with Crippen LogP contribution in [0.1, 0.15) is 23.6 Å². The van der Waals surface area contributed by atoms with Crippen LogP contribution in [0, 0.1) is 0 Å². The Bertz CT molecular complexity index is 550. The standard InChI is InChI=1S/C17H20N2/c1-13(18)10-14-6-4-5-9-17(14)19-11-15-7-2-3-8-16(15)12-19/h2-9,13H,10-12,18H2,1H3. The SMILES string of the molecule is CC(N)Cc1ccccc1N1Cc2ccccc2C1. The largest absolute Gasteiger partial charge is 0.363 e. The van der Waals surface area contributed by atoms with Crippen molar-refractivity contribution < 1.29 is 0 Å². The zero-order valence-electron chi connectivity index (χ0n) is 11.3. The Kier molecular flexibility index (Phi) is 3.26. The first-order valence-corrected chi connectivity index (χ1v) is 6.89. The van der Waals surface area contributed by atoms with Crippen molar-refractivity contribution in [2.24, 2.45) is 5.73 Å². The molecule has 0 amide bonds. The molecule has 1 heterocycles. The van der Waals surface area contributed by atoms with Crippen LogP contribution in [0.2, 0.25) is 0 Å². The van der Waals surface area contributed by atoms with Gasteiger partial charge in [0.05, 0.1) is 0 Å². The predicted molar refractivity (Wildman–Crippen MR) is 80.1 cm³/mol. The number of nitrogens with zero attached hydrogens (tertiary/aromatic N) is 1. The Morgan fingerprint density at radius 2 is 1.58 bits per heavy atom. The molecule has 0 aliphatic carbocycles. The molecule has 2 aromatic carbocycles. The van der Waals surface area contributed by atoms with Gasteiger partial charge in [-0.3, -0.25) is 0 Å². The van der Waals surface area contributed by atoms with Gasteiger partial charge in [0.15, 0.2) is 0 Å². The zero-order chi connectivity index (χ0) is 13.2. The second-order valence-electron chi connectivity index (χ2n) is 5.43. The minimum atomic E-state index is 0.200. The quantitative estimate of drug-likeness (QED) is 0.909. The summed E-state index contributed by atoms with van der Waals surface area (Å²) in [5, 5.41) is 0. The number of benzene rings is 2. The van der Waals surface area contributed by atoms with Crippen molar-refractivity contribution in [2.75, 3.05) is 4.90 Å². The summed E-state index contributed by atoms with van der Waals surface area (Å²) in [4.78, 5) is 2.45. The molecule has 0 fully saturated rings. The maximum absolute atomic E-state index is 5.96. The molecule has 19 heavy (non-hydrogen) atoms. The van der Waals surface area contributed by atoms with Crippen LogP contribution < -0.4 is 10.6 Å². The van der Waals surface area contributed by atoms with Gasteiger partial charge in [0.1, 0.15) is 0 Å². The molecule has 0 saturated heterocycles. The van der Waals surface area contributed by atoms with Crippen LogP contribution in [-0.2, 0) is 19.5 Å². The van der Waals surface area contributed by atoms with Crippen LogP contribution in [0.3, 0.4) is 0 Å². The Hall–Kier alpha value is -1.80. The average Bonchev–Trinajstić information content (AvgIpc) is 2.82. The van der Waals surface area contributed by atoms with Gasteiger partial charge < -0.3 is 10.6 Å². The number of hydrogen-bond donors (Lipinski definition) is 1. The smallest absolute Gasteiger partial charge is 0.0436 e. The van der Waals surface area contributed by atoms with Crippen LogP contribution >= 0.6 is 0 Å². The maximum Gasteiger partial charge on any atom is 0.0436 e. The molecule has 3 rings (SSSR count). The zero-order valence-corrected chi connectivity index (χ0v) is 11.3. The number of hydrogen-bond acceptors (Lipinski definition) is 2. The Labute approximate surface area is 114 Å². The van der Waals surface area contributed by atoms with E-state index in [1.165, 1.54) is 22.4 Å². The third kappa shape index (κ3) is 2.49. The van der Waals surface area contributed by atoms with E-state index in [1.54, 1.807) is 0 Å². The van der Waals surface area contributed by atoms with Gasteiger partial charge in [-0.1, -0.05) is 42.5 Å². The summed E-state index contributed by atoms with van der Waals surface area (Å²) in [6, 6.07) is 17.5. The van der Waals surface area contributed by atoms with E-state index in [1.807, 2.05) is 0 Å². The van der Waals surface area contributed by atoms with E-state index in [-0.39, 0.29) is 6.04 Å². The second-order valence-corrected chi connectivity index (χ2v) is 5.43. The lowest BCUT2D eigenvalue weighted by Gasteiger charge is -2.22. The molecular weight excluding hydrogens is 232 g/mol. The van der Waals surface area contributed by atoms with Crippen molar-refractivity contribution in [1.82, 2.24) is 0 Å². The van der Waals surface area contributed by atoms with Gasteiger partial charge in [-0.15, -0.1) is 0 Å². The molecule has 2 aromatic rings. The summed E-state index contributed by atoms with van der Waals surface area (Å²) >= 11 is 0. The van der Waals surface area contributed by atoms with Gasteiger partial charge in [0.25, 0.3) is 0 Å². The molecule has 0 saturated carbocycles. The number of fused-ring (bicyclic) bond motifs is 1. The number of nitrogens with two attached hydrogens (primary N) is 1. The molecule has 1 aliphatic rings. The minimum absolute atomic E-state index is 0.200. The molecule has 98 valence electrons. The predicted octanol–water partition coefficient (Wildman–Crippen LogP) is 3.10. The van der Waals surface area contributed by atoms with Gasteiger partial charge in [-0.25, -0.2) is 0 Å². The lowest BCUT2D eigenvalue weighted by molar-refractivity contribution is 0.732. The first kappa shape index (κ1) is 12.2. The molecule has 1 unspecified atom stereocenters. The monoisotopic (exact) mass is 252 g/mol. The van der Waals surface area contributed by atoms with E-state index in [2.05, 4.69) is 60.4 Å². The fourth-order valence-corrected chi connectivity index (χ4v) is 2.84.